The van der Waals surface area contributed by atoms with Gasteiger partial charge in [0.05, 0.1) is 0 Å². The molecule has 0 unspecified atom stereocenters. The van der Waals surface area contributed by atoms with Crippen LogP contribution in [0, 0.1) is 0 Å². The summed E-state index contributed by atoms with van der Waals surface area (Å²) in [5, 5.41) is 24.8. The van der Waals surface area contributed by atoms with Crippen molar-refractivity contribution < 1.29 is 0 Å². The minimum atomic E-state index is -0.173. The van der Waals surface area contributed by atoms with Gasteiger partial charge < -0.3 is 5.84 Å². The number of aromatic nitrogens is 8. The number of nitrogen functional groups attached to an aromatic ring is 1. The number of nitrogens with two attached hydrogens (primary N) is 1. The summed E-state index contributed by atoms with van der Waals surface area (Å²) in [5.74, 6) is 6.74. The molecule has 10 heteroatoms. The molecule has 0 aromatic carbocycles. The van der Waals surface area contributed by atoms with Gasteiger partial charge in [-0.25, -0.2) is 4.68 Å². The zero-order valence-electron chi connectivity index (χ0n) is 11.2. The van der Waals surface area contributed by atoms with Crippen molar-refractivity contribution in [3.8, 4) is 0 Å². The summed E-state index contributed by atoms with van der Waals surface area (Å²) in [6.45, 7) is 6.08. The Morgan fingerprint density at radius 2 is 1.95 bits per heavy atom. The van der Waals surface area contributed by atoms with Gasteiger partial charge in [0.25, 0.3) is 0 Å². The first kappa shape index (κ1) is 12.8. The first-order valence-electron chi connectivity index (χ1n) is 5.89. The second-order valence-corrected chi connectivity index (χ2v) is 6.21. The van der Waals surface area contributed by atoms with E-state index in [0.29, 0.717) is 21.7 Å². The van der Waals surface area contributed by atoms with Gasteiger partial charge in [0.2, 0.25) is 5.16 Å². The van der Waals surface area contributed by atoms with Crippen LogP contribution in [0.2, 0.25) is 0 Å². The Balaban J connectivity index is 1.93. The van der Waals surface area contributed by atoms with Crippen LogP contribution in [-0.2, 0) is 5.41 Å². The van der Waals surface area contributed by atoms with Crippen molar-refractivity contribution >= 4 is 17.4 Å². The Morgan fingerprint density at radius 1 is 1.15 bits per heavy atom. The third kappa shape index (κ3) is 2.18. The van der Waals surface area contributed by atoms with Crippen molar-refractivity contribution in [2.24, 2.45) is 0 Å². The van der Waals surface area contributed by atoms with Gasteiger partial charge >= 0.3 is 0 Å². The van der Waals surface area contributed by atoms with Crippen LogP contribution in [0.15, 0.2) is 22.3 Å². The lowest BCUT2D eigenvalue weighted by atomic mass is 9.96. The SMILES string of the molecule is CC(C)(C)c1nnc(Sc2ccc3nnnn3n2)n1N. The van der Waals surface area contributed by atoms with Crippen molar-refractivity contribution in [3.63, 3.8) is 0 Å². The molecule has 9 nitrogen and oxygen atoms in total. The van der Waals surface area contributed by atoms with E-state index in [2.05, 4.69) is 30.8 Å². The van der Waals surface area contributed by atoms with Crippen molar-refractivity contribution in [2.45, 2.75) is 36.4 Å². The molecule has 0 atom stereocenters. The molecule has 0 saturated carbocycles. The molecule has 104 valence electrons. The Hall–Kier alpha value is -2.23. The summed E-state index contributed by atoms with van der Waals surface area (Å²) in [7, 11) is 0. The van der Waals surface area contributed by atoms with Crippen LogP contribution in [0.3, 0.4) is 0 Å². The molecule has 0 aliphatic heterocycles. The molecule has 3 heterocycles. The van der Waals surface area contributed by atoms with E-state index >= 15 is 0 Å². The second-order valence-electron chi connectivity index (χ2n) is 5.23. The molecule has 3 aromatic heterocycles. The molecule has 0 spiro atoms. The van der Waals surface area contributed by atoms with Gasteiger partial charge in [0.15, 0.2) is 11.5 Å². The number of hydrogen-bond acceptors (Lipinski definition) is 8. The molecule has 0 radical (unpaired) electrons. The van der Waals surface area contributed by atoms with Crippen molar-refractivity contribution in [3.05, 3.63) is 18.0 Å². The molecule has 0 saturated heterocycles. The summed E-state index contributed by atoms with van der Waals surface area (Å²) in [6, 6.07) is 3.58. The molecule has 0 bridgehead atoms. The number of rotatable bonds is 2. The van der Waals surface area contributed by atoms with Crippen LogP contribution in [-0.4, -0.2) is 40.1 Å². The molecule has 2 N–H and O–H groups in total. The quantitative estimate of drug-likeness (QED) is 0.669. The molecule has 0 amide bonds. The highest BCUT2D eigenvalue weighted by molar-refractivity contribution is 7.99. The fourth-order valence-corrected chi connectivity index (χ4v) is 2.35. The van der Waals surface area contributed by atoms with E-state index in [1.807, 2.05) is 26.8 Å². The normalized spacial score (nSPS) is 12.2. The van der Waals surface area contributed by atoms with Gasteiger partial charge in [-0.1, -0.05) is 20.8 Å². The Bertz CT molecular complexity index is 754. The smallest absolute Gasteiger partial charge is 0.216 e. The summed E-state index contributed by atoms with van der Waals surface area (Å²) < 4.78 is 2.83. The summed E-state index contributed by atoms with van der Waals surface area (Å²) >= 11 is 1.31. The number of hydrogen-bond donors (Lipinski definition) is 1. The van der Waals surface area contributed by atoms with E-state index in [1.54, 1.807) is 6.07 Å². The van der Waals surface area contributed by atoms with Gasteiger partial charge in [0.1, 0.15) is 5.03 Å². The van der Waals surface area contributed by atoms with Crippen molar-refractivity contribution in [1.29, 1.82) is 0 Å². The highest BCUT2D eigenvalue weighted by atomic mass is 32.2. The lowest BCUT2D eigenvalue weighted by Crippen LogP contribution is -2.24. The van der Waals surface area contributed by atoms with E-state index in [-0.39, 0.29) is 5.41 Å². The van der Waals surface area contributed by atoms with Crippen LogP contribution < -0.4 is 5.84 Å². The van der Waals surface area contributed by atoms with Gasteiger partial charge in [0, 0.05) is 5.41 Å². The van der Waals surface area contributed by atoms with Crippen LogP contribution in [0.5, 0.6) is 0 Å². The molecule has 20 heavy (non-hydrogen) atoms. The summed E-state index contributed by atoms with van der Waals surface area (Å²) in [5.41, 5.74) is 0.410. The summed E-state index contributed by atoms with van der Waals surface area (Å²) in [6.07, 6.45) is 0. The third-order valence-corrected chi connectivity index (χ3v) is 3.46. The van der Waals surface area contributed by atoms with Crippen molar-refractivity contribution in [1.82, 2.24) is 40.1 Å². The number of fused-ring (bicyclic) bond motifs is 1. The topological polar surface area (TPSA) is 113 Å². The molecule has 3 rings (SSSR count). The van der Waals surface area contributed by atoms with Crippen LogP contribution in [0.1, 0.15) is 26.6 Å². The lowest BCUT2D eigenvalue weighted by Gasteiger charge is -2.16. The highest BCUT2D eigenvalue weighted by Crippen LogP contribution is 2.27. The standard InChI is InChI=1S/C10H13N9S/c1-10(2,3)8-13-14-9(18(8)11)20-7-5-4-6-12-16-17-19(6)15-7/h4-5H,11H2,1-3H3. The predicted molar refractivity (Wildman–Crippen MR) is 71.6 cm³/mol. The van der Waals surface area contributed by atoms with Gasteiger partial charge in [-0.2, -0.15) is 0 Å². The number of nitrogens with zero attached hydrogens (tertiary/aromatic N) is 8. The fraction of sp³-hybridized carbons (Fsp3) is 0.400. The fourth-order valence-electron chi connectivity index (χ4n) is 1.64. The predicted octanol–water partition coefficient (Wildman–Crippen LogP) is 0.273. The first-order chi connectivity index (χ1) is 9.45. The average molecular weight is 291 g/mol. The van der Waals surface area contributed by atoms with Gasteiger partial charge in [-0.05, 0) is 34.3 Å². The molecule has 3 aromatic rings. The minimum Gasteiger partial charge on any atom is -0.336 e. The van der Waals surface area contributed by atoms with E-state index in [1.165, 1.54) is 21.1 Å². The van der Waals surface area contributed by atoms with Gasteiger partial charge in [-0.3, -0.25) is 0 Å². The maximum atomic E-state index is 6.03. The van der Waals surface area contributed by atoms with E-state index in [9.17, 15) is 0 Å². The maximum absolute atomic E-state index is 6.03. The average Bonchev–Trinajstić information content (AvgIpc) is 2.96. The van der Waals surface area contributed by atoms with Crippen LogP contribution >= 0.6 is 11.8 Å². The Kier molecular flexibility index (Phi) is 2.82. The van der Waals surface area contributed by atoms with E-state index in [4.69, 9.17) is 5.84 Å². The van der Waals surface area contributed by atoms with E-state index < -0.39 is 0 Å². The van der Waals surface area contributed by atoms with Gasteiger partial charge in [-0.15, -0.1) is 25.0 Å². The second kappa shape index (κ2) is 4.40. The number of tetrazole rings is 1. The first-order valence-corrected chi connectivity index (χ1v) is 6.71. The highest BCUT2D eigenvalue weighted by Gasteiger charge is 2.23. The zero-order valence-corrected chi connectivity index (χ0v) is 12.0. The molecular formula is C10H13N9S. The molecular weight excluding hydrogens is 278 g/mol. The monoisotopic (exact) mass is 291 g/mol. The van der Waals surface area contributed by atoms with Crippen molar-refractivity contribution in [2.75, 3.05) is 5.84 Å². The Morgan fingerprint density at radius 3 is 2.65 bits per heavy atom. The third-order valence-electron chi connectivity index (χ3n) is 2.58. The van der Waals surface area contributed by atoms with E-state index in [0.717, 1.165) is 0 Å². The summed E-state index contributed by atoms with van der Waals surface area (Å²) in [4.78, 5) is 0. The minimum absolute atomic E-state index is 0.173. The maximum Gasteiger partial charge on any atom is 0.216 e. The molecule has 0 aliphatic rings. The zero-order chi connectivity index (χ0) is 14.3. The van der Waals surface area contributed by atoms with Crippen LogP contribution in [0.25, 0.3) is 5.65 Å². The largest absolute Gasteiger partial charge is 0.336 e. The van der Waals surface area contributed by atoms with Crippen LogP contribution in [0.4, 0.5) is 0 Å². The Labute approximate surface area is 118 Å². The molecule has 0 aliphatic carbocycles. The molecule has 0 fully saturated rings. The lowest BCUT2D eigenvalue weighted by molar-refractivity contribution is 0.523.